The summed E-state index contributed by atoms with van der Waals surface area (Å²) in [5.74, 6) is 0. The molecule has 2 unspecified atom stereocenters. The zero-order valence-corrected chi connectivity index (χ0v) is 19.4. The highest BCUT2D eigenvalue weighted by Gasteiger charge is 2.45. The second-order valence-electron chi connectivity index (χ2n) is 8.16. The number of aryl methyl sites for hydroxylation is 1. The molecule has 2 aromatic heterocycles. The summed E-state index contributed by atoms with van der Waals surface area (Å²) in [5, 5.41) is 20.6. The molecule has 1 saturated heterocycles. The average Bonchev–Trinajstić information content (AvgIpc) is 3.09. The molecule has 186 valence electrons. The number of rotatable bonds is 7. The Labute approximate surface area is 198 Å². The van der Waals surface area contributed by atoms with Crippen molar-refractivity contribution in [1.82, 2.24) is 14.1 Å². The van der Waals surface area contributed by atoms with Crippen LogP contribution in [0.2, 0.25) is 0 Å². The second-order valence-corrected chi connectivity index (χ2v) is 9.40. The summed E-state index contributed by atoms with van der Waals surface area (Å²) >= 11 is 0. The number of pyridine rings is 1. The molecule has 1 aliphatic heterocycles. The molecular formula is C22H24N3O9P. The van der Waals surface area contributed by atoms with E-state index in [0.29, 0.717) is 5.69 Å². The topological polar surface area (TPSA) is 173 Å². The number of ether oxygens (including phenoxy) is 1. The Balaban J connectivity index is 1.60. The minimum absolute atomic E-state index is 0.158. The third-order valence-corrected chi connectivity index (χ3v) is 6.12. The quantitative estimate of drug-likeness (QED) is 0.324. The number of hydrogen-bond donors (Lipinski definition) is 4. The first kappa shape index (κ1) is 25.1. The second kappa shape index (κ2) is 9.96. The zero-order valence-electron chi connectivity index (χ0n) is 18.5. The van der Waals surface area contributed by atoms with E-state index in [1.165, 1.54) is 0 Å². The minimum atomic E-state index is -4.84. The molecule has 12 nitrogen and oxygen atoms in total. The highest BCUT2D eigenvalue weighted by atomic mass is 31.2. The first-order chi connectivity index (χ1) is 16.5. The van der Waals surface area contributed by atoms with E-state index in [9.17, 15) is 24.4 Å². The van der Waals surface area contributed by atoms with Gasteiger partial charge in [-0.2, -0.15) is 0 Å². The molecule has 0 amide bonds. The number of benzene rings is 1. The third kappa shape index (κ3) is 5.65. The van der Waals surface area contributed by atoms with Crippen LogP contribution in [0.4, 0.5) is 0 Å². The summed E-state index contributed by atoms with van der Waals surface area (Å²) in [5.41, 5.74) is 1.91. The van der Waals surface area contributed by atoms with E-state index < -0.39 is 50.2 Å². The van der Waals surface area contributed by atoms with Crippen LogP contribution in [0.3, 0.4) is 0 Å². The van der Waals surface area contributed by atoms with Gasteiger partial charge in [0.05, 0.1) is 18.8 Å². The molecule has 0 bridgehead atoms. The molecule has 4 rings (SSSR count). The maximum absolute atomic E-state index is 13.1. The molecule has 3 heterocycles. The number of phosphoric ester groups is 1. The summed E-state index contributed by atoms with van der Waals surface area (Å²) in [4.78, 5) is 47.6. The Kier molecular flexibility index (Phi) is 7.15. The number of aliphatic hydroxyl groups is 2. The number of phosphoric acid groups is 1. The van der Waals surface area contributed by atoms with Gasteiger partial charge >= 0.3 is 13.5 Å². The SMILES string of the molecule is Cc1ccc(-c2ccnc(Cn3c(=O)ccn([C@@H]4O[C@H](COP(=O)(O)O)C(O)C4O)c3=O)c2)cc1. The maximum Gasteiger partial charge on any atom is 0.469 e. The van der Waals surface area contributed by atoms with Gasteiger partial charge in [-0.3, -0.25) is 23.4 Å². The van der Waals surface area contributed by atoms with Gasteiger partial charge in [0.2, 0.25) is 0 Å². The highest BCUT2D eigenvalue weighted by molar-refractivity contribution is 7.46. The molecule has 4 atom stereocenters. The molecule has 0 spiro atoms. The highest BCUT2D eigenvalue weighted by Crippen LogP contribution is 2.38. The molecule has 0 aliphatic carbocycles. The Morgan fingerprint density at radius 2 is 1.77 bits per heavy atom. The van der Waals surface area contributed by atoms with Crippen molar-refractivity contribution < 1.29 is 33.8 Å². The van der Waals surface area contributed by atoms with Crippen LogP contribution in [0, 0.1) is 6.92 Å². The molecule has 4 N–H and O–H groups in total. The fourth-order valence-corrected chi connectivity index (χ4v) is 4.13. The van der Waals surface area contributed by atoms with E-state index in [2.05, 4.69) is 9.51 Å². The van der Waals surface area contributed by atoms with Crippen LogP contribution < -0.4 is 11.2 Å². The summed E-state index contributed by atoms with van der Waals surface area (Å²) in [6.07, 6.45) is -3.25. The van der Waals surface area contributed by atoms with Crippen LogP contribution in [-0.4, -0.2) is 59.0 Å². The number of hydrogen-bond acceptors (Lipinski definition) is 8. The van der Waals surface area contributed by atoms with Crippen LogP contribution in [0.5, 0.6) is 0 Å². The van der Waals surface area contributed by atoms with Gasteiger partial charge < -0.3 is 24.7 Å². The van der Waals surface area contributed by atoms with Crippen molar-refractivity contribution in [2.75, 3.05) is 6.61 Å². The lowest BCUT2D eigenvalue weighted by Crippen LogP contribution is -2.43. The van der Waals surface area contributed by atoms with Crippen LogP contribution >= 0.6 is 7.82 Å². The van der Waals surface area contributed by atoms with Gasteiger partial charge in [-0.15, -0.1) is 0 Å². The zero-order chi connectivity index (χ0) is 25.3. The lowest BCUT2D eigenvalue weighted by Gasteiger charge is -2.18. The van der Waals surface area contributed by atoms with Crippen molar-refractivity contribution in [2.45, 2.75) is 38.0 Å². The van der Waals surface area contributed by atoms with Gasteiger partial charge in [0.1, 0.15) is 18.3 Å². The monoisotopic (exact) mass is 505 g/mol. The normalized spacial score (nSPS) is 22.4. The third-order valence-electron chi connectivity index (χ3n) is 5.64. The predicted molar refractivity (Wildman–Crippen MR) is 122 cm³/mol. The molecule has 0 saturated carbocycles. The number of aliphatic hydroxyl groups excluding tert-OH is 2. The molecule has 1 fully saturated rings. The first-order valence-corrected chi connectivity index (χ1v) is 12.1. The number of aromatic nitrogens is 3. The molecule has 35 heavy (non-hydrogen) atoms. The van der Waals surface area contributed by atoms with Crippen LogP contribution in [0.15, 0.2) is 64.4 Å². The van der Waals surface area contributed by atoms with E-state index in [4.69, 9.17) is 14.5 Å². The summed E-state index contributed by atoms with van der Waals surface area (Å²) in [6, 6.07) is 12.5. The van der Waals surface area contributed by atoms with Gasteiger partial charge in [-0.25, -0.2) is 9.36 Å². The van der Waals surface area contributed by atoms with Crippen molar-refractivity contribution in [3.8, 4) is 11.1 Å². The Hall–Kier alpha value is -2.96. The van der Waals surface area contributed by atoms with E-state index in [1.807, 2.05) is 37.3 Å². The van der Waals surface area contributed by atoms with Crippen molar-refractivity contribution in [2.24, 2.45) is 0 Å². The minimum Gasteiger partial charge on any atom is -0.387 e. The summed E-state index contributed by atoms with van der Waals surface area (Å²) in [7, 11) is -4.84. The van der Waals surface area contributed by atoms with Crippen LogP contribution in [0.1, 0.15) is 17.5 Å². The Bertz CT molecular complexity index is 1370. The average molecular weight is 505 g/mol. The largest absolute Gasteiger partial charge is 0.469 e. The molecule has 13 heteroatoms. The lowest BCUT2D eigenvalue weighted by atomic mass is 10.0. The summed E-state index contributed by atoms with van der Waals surface area (Å²) in [6.45, 7) is 1.10. The predicted octanol–water partition coefficient (Wildman–Crippen LogP) is 0.157. The first-order valence-electron chi connectivity index (χ1n) is 10.6. The van der Waals surface area contributed by atoms with Gasteiger partial charge in [0.15, 0.2) is 6.23 Å². The molecule has 3 aromatic rings. The van der Waals surface area contributed by atoms with E-state index >= 15 is 0 Å². The smallest absolute Gasteiger partial charge is 0.387 e. The molecule has 0 radical (unpaired) electrons. The fraction of sp³-hybridized carbons (Fsp3) is 0.318. The van der Waals surface area contributed by atoms with Gasteiger partial charge in [-0.1, -0.05) is 29.8 Å². The van der Waals surface area contributed by atoms with Crippen molar-refractivity contribution in [1.29, 1.82) is 0 Å². The summed E-state index contributed by atoms with van der Waals surface area (Å²) < 4.78 is 22.6. The van der Waals surface area contributed by atoms with Crippen LogP contribution in [0.25, 0.3) is 11.1 Å². The van der Waals surface area contributed by atoms with E-state index in [-0.39, 0.29) is 6.54 Å². The van der Waals surface area contributed by atoms with Crippen molar-refractivity contribution >= 4 is 7.82 Å². The maximum atomic E-state index is 13.1. The van der Waals surface area contributed by atoms with Crippen molar-refractivity contribution in [3.05, 3.63) is 87.0 Å². The van der Waals surface area contributed by atoms with Crippen LogP contribution in [-0.2, 0) is 20.4 Å². The van der Waals surface area contributed by atoms with Gasteiger partial charge in [0, 0.05) is 18.5 Å². The Morgan fingerprint density at radius 3 is 2.46 bits per heavy atom. The van der Waals surface area contributed by atoms with Crippen molar-refractivity contribution in [3.63, 3.8) is 0 Å². The molecule has 1 aromatic carbocycles. The van der Waals surface area contributed by atoms with E-state index in [1.54, 1.807) is 12.3 Å². The van der Waals surface area contributed by atoms with E-state index in [0.717, 1.165) is 38.1 Å². The fourth-order valence-electron chi connectivity index (χ4n) is 3.79. The number of nitrogens with zero attached hydrogens (tertiary/aromatic N) is 3. The Morgan fingerprint density at radius 1 is 1.06 bits per heavy atom. The lowest BCUT2D eigenvalue weighted by molar-refractivity contribution is -0.0548. The molecular weight excluding hydrogens is 481 g/mol. The standard InChI is InChI=1S/C22H24N3O9P/c1-13-2-4-14(5-3-13)15-6-8-23-16(10-15)11-25-18(26)7-9-24(22(25)29)21-20(28)19(27)17(34-21)12-33-35(30,31)32/h2-10,17,19-21,27-28H,11-12H2,1H3,(H2,30,31,32)/t17-,19?,20?,21-/m1/s1. The molecule has 1 aliphatic rings. The van der Waals surface area contributed by atoms with Gasteiger partial charge in [-0.05, 0) is 30.2 Å². The van der Waals surface area contributed by atoms with Gasteiger partial charge in [0.25, 0.3) is 5.56 Å².